The van der Waals surface area contributed by atoms with Crippen molar-refractivity contribution in [3.63, 3.8) is 0 Å². The van der Waals surface area contributed by atoms with Gasteiger partial charge in [-0.05, 0) is 31.0 Å². The summed E-state index contributed by atoms with van der Waals surface area (Å²) in [4.78, 5) is 4.58. The highest BCUT2D eigenvalue weighted by molar-refractivity contribution is 5.94. The number of H-pyrrole nitrogens is 1. The highest BCUT2D eigenvalue weighted by Gasteiger charge is 2.05. The standard InChI is InChI=1S/C12H11N3/c1-7-3-4-8(2)11-10(7)5-9-6-13-15-12(9)14-11/h3-6H,1-2H3,(H,13,14,15). The number of hydrogen-bond donors (Lipinski definition) is 1. The lowest BCUT2D eigenvalue weighted by Crippen LogP contribution is -1.87. The summed E-state index contributed by atoms with van der Waals surface area (Å²) in [5.74, 6) is 0. The summed E-state index contributed by atoms with van der Waals surface area (Å²) in [6.07, 6.45) is 1.81. The summed E-state index contributed by atoms with van der Waals surface area (Å²) in [7, 11) is 0. The molecule has 0 atom stereocenters. The molecule has 0 aliphatic rings. The summed E-state index contributed by atoms with van der Waals surface area (Å²) in [5, 5.41) is 9.17. The zero-order valence-corrected chi connectivity index (χ0v) is 8.70. The molecular formula is C12H11N3. The molecule has 0 bridgehead atoms. The second-order valence-corrected chi connectivity index (χ2v) is 3.89. The van der Waals surface area contributed by atoms with Gasteiger partial charge < -0.3 is 0 Å². The Morgan fingerprint density at radius 1 is 1.13 bits per heavy atom. The molecule has 0 radical (unpaired) electrons. The van der Waals surface area contributed by atoms with Crippen molar-refractivity contribution in [3.8, 4) is 0 Å². The average molecular weight is 197 g/mol. The summed E-state index contributed by atoms with van der Waals surface area (Å²) in [6.45, 7) is 4.19. The first kappa shape index (κ1) is 8.41. The van der Waals surface area contributed by atoms with Crippen LogP contribution >= 0.6 is 0 Å². The quantitative estimate of drug-likeness (QED) is 0.602. The van der Waals surface area contributed by atoms with E-state index >= 15 is 0 Å². The maximum absolute atomic E-state index is 4.58. The summed E-state index contributed by atoms with van der Waals surface area (Å²) < 4.78 is 0. The van der Waals surface area contributed by atoms with E-state index in [1.165, 1.54) is 16.5 Å². The minimum absolute atomic E-state index is 0.858. The summed E-state index contributed by atoms with van der Waals surface area (Å²) >= 11 is 0. The maximum Gasteiger partial charge on any atom is 0.155 e. The molecule has 0 saturated carbocycles. The largest absolute Gasteiger partial charge is 0.261 e. The van der Waals surface area contributed by atoms with Gasteiger partial charge in [0.1, 0.15) is 0 Å². The van der Waals surface area contributed by atoms with Gasteiger partial charge in [-0.25, -0.2) is 4.98 Å². The lowest BCUT2D eigenvalue weighted by Gasteiger charge is -2.04. The van der Waals surface area contributed by atoms with Crippen molar-refractivity contribution in [2.24, 2.45) is 0 Å². The van der Waals surface area contributed by atoms with Gasteiger partial charge in [0.05, 0.1) is 11.7 Å². The van der Waals surface area contributed by atoms with Crippen molar-refractivity contribution < 1.29 is 0 Å². The van der Waals surface area contributed by atoms with Crippen LogP contribution in [0, 0.1) is 13.8 Å². The molecule has 3 rings (SSSR count). The van der Waals surface area contributed by atoms with Gasteiger partial charge in [-0.15, -0.1) is 0 Å². The third-order valence-corrected chi connectivity index (χ3v) is 2.81. The van der Waals surface area contributed by atoms with Gasteiger partial charge in [0.25, 0.3) is 0 Å². The predicted octanol–water partition coefficient (Wildman–Crippen LogP) is 2.73. The molecule has 1 aromatic carbocycles. The fourth-order valence-electron chi connectivity index (χ4n) is 1.90. The van der Waals surface area contributed by atoms with Crippen LogP contribution in [-0.4, -0.2) is 15.2 Å². The molecule has 0 spiro atoms. The molecule has 2 aromatic heterocycles. The number of aryl methyl sites for hydroxylation is 2. The Morgan fingerprint density at radius 3 is 2.80 bits per heavy atom. The predicted molar refractivity (Wildman–Crippen MR) is 60.9 cm³/mol. The van der Waals surface area contributed by atoms with Crippen molar-refractivity contribution >= 4 is 21.9 Å². The highest BCUT2D eigenvalue weighted by Crippen LogP contribution is 2.23. The number of rotatable bonds is 0. The molecule has 0 amide bonds. The number of benzene rings is 1. The summed E-state index contributed by atoms with van der Waals surface area (Å²) in [5.41, 5.74) is 4.38. The van der Waals surface area contributed by atoms with Crippen molar-refractivity contribution in [1.29, 1.82) is 0 Å². The number of aromatic amines is 1. The van der Waals surface area contributed by atoms with Crippen molar-refractivity contribution in [3.05, 3.63) is 35.5 Å². The lowest BCUT2D eigenvalue weighted by atomic mass is 10.1. The van der Waals surface area contributed by atoms with E-state index in [2.05, 4.69) is 47.2 Å². The van der Waals surface area contributed by atoms with Gasteiger partial charge in [-0.1, -0.05) is 12.1 Å². The monoisotopic (exact) mass is 197 g/mol. The number of pyridine rings is 1. The third-order valence-electron chi connectivity index (χ3n) is 2.81. The van der Waals surface area contributed by atoms with Crippen LogP contribution in [0.5, 0.6) is 0 Å². The van der Waals surface area contributed by atoms with Crippen LogP contribution in [-0.2, 0) is 0 Å². The first-order valence-electron chi connectivity index (χ1n) is 4.96. The smallest absolute Gasteiger partial charge is 0.155 e. The second kappa shape index (κ2) is 2.79. The molecule has 0 unspecified atom stereocenters. The van der Waals surface area contributed by atoms with E-state index in [1.54, 1.807) is 0 Å². The fraction of sp³-hybridized carbons (Fsp3) is 0.167. The Bertz CT molecular complexity index is 597. The molecule has 0 aliphatic heterocycles. The molecule has 0 fully saturated rings. The lowest BCUT2D eigenvalue weighted by molar-refractivity contribution is 1.10. The molecule has 74 valence electrons. The van der Waals surface area contributed by atoms with Crippen LogP contribution in [0.4, 0.5) is 0 Å². The average Bonchev–Trinajstić information content (AvgIpc) is 2.69. The molecular weight excluding hydrogens is 186 g/mol. The molecule has 3 heteroatoms. The van der Waals surface area contributed by atoms with Crippen LogP contribution in [0.3, 0.4) is 0 Å². The Morgan fingerprint density at radius 2 is 1.93 bits per heavy atom. The second-order valence-electron chi connectivity index (χ2n) is 3.89. The fourth-order valence-corrected chi connectivity index (χ4v) is 1.90. The normalized spacial score (nSPS) is 11.3. The van der Waals surface area contributed by atoms with Gasteiger partial charge in [0.15, 0.2) is 5.65 Å². The van der Waals surface area contributed by atoms with Gasteiger partial charge in [0, 0.05) is 10.8 Å². The maximum atomic E-state index is 4.58. The van der Waals surface area contributed by atoms with Crippen LogP contribution < -0.4 is 0 Å². The first-order valence-corrected chi connectivity index (χ1v) is 4.96. The van der Waals surface area contributed by atoms with Crippen LogP contribution in [0.2, 0.25) is 0 Å². The van der Waals surface area contributed by atoms with Gasteiger partial charge in [-0.2, -0.15) is 5.10 Å². The third kappa shape index (κ3) is 1.13. The molecule has 1 N–H and O–H groups in total. The van der Waals surface area contributed by atoms with Gasteiger partial charge in [-0.3, -0.25) is 5.10 Å². The first-order chi connectivity index (χ1) is 7.25. The number of aromatic nitrogens is 3. The van der Waals surface area contributed by atoms with E-state index in [-0.39, 0.29) is 0 Å². The van der Waals surface area contributed by atoms with E-state index in [4.69, 9.17) is 0 Å². The van der Waals surface area contributed by atoms with E-state index in [9.17, 15) is 0 Å². The molecule has 2 heterocycles. The molecule has 0 aliphatic carbocycles. The topological polar surface area (TPSA) is 41.6 Å². The summed E-state index contributed by atoms with van der Waals surface area (Å²) in [6, 6.07) is 6.38. The Labute approximate surface area is 87.1 Å². The van der Waals surface area contributed by atoms with Crippen molar-refractivity contribution in [2.45, 2.75) is 13.8 Å². The minimum atomic E-state index is 0.858. The van der Waals surface area contributed by atoms with Gasteiger partial charge in [0.2, 0.25) is 0 Å². The number of nitrogens with one attached hydrogen (secondary N) is 1. The molecule has 3 aromatic rings. The van der Waals surface area contributed by atoms with Crippen molar-refractivity contribution in [1.82, 2.24) is 15.2 Å². The van der Waals surface area contributed by atoms with Crippen LogP contribution in [0.25, 0.3) is 21.9 Å². The van der Waals surface area contributed by atoms with E-state index in [0.29, 0.717) is 0 Å². The van der Waals surface area contributed by atoms with Gasteiger partial charge >= 0.3 is 0 Å². The number of fused-ring (bicyclic) bond motifs is 2. The zero-order valence-electron chi connectivity index (χ0n) is 8.70. The number of nitrogens with zero attached hydrogens (tertiary/aromatic N) is 2. The Hall–Kier alpha value is -1.90. The van der Waals surface area contributed by atoms with Crippen LogP contribution in [0.1, 0.15) is 11.1 Å². The Kier molecular flexibility index (Phi) is 1.57. The van der Waals surface area contributed by atoms with E-state index < -0.39 is 0 Å². The number of hydrogen-bond acceptors (Lipinski definition) is 2. The minimum Gasteiger partial charge on any atom is -0.261 e. The SMILES string of the molecule is Cc1ccc(C)c2nc3[nH]ncc3cc12. The Balaban J connectivity index is 2.58. The zero-order chi connectivity index (χ0) is 10.4. The van der Waals surface area contributed by atoms with Crippen molar-refractivity contribution in [2.75, 3.05) is 0 Å². The highest BCUT2D eigenvalue weighted by atomic mass is 15.1. The molecule has 15 heavy (non-hydrogen) atoms. The van der Waals surface area contributed by atoms with Crippen LogP contribution in [0.15, 0.2) is 24.4 Å². The van der Waals surface area contributed by atoms with E-state index in [1.807, 2.05) is 6.20 Å². The molecule has 0 saturated heterocycles. The molecule has 3 nitrogen and oxygen atoms in total. The van der Waals surface area contributed by atoms with E-state index in [0.717, 1.165) is 16.6 Å².